The van der Waals surface area contributed by atoms with Crippen LogP contribution in [0.15, 0.2) is 42.5 Å². The summed E-state index contributed by atoms with van der Waals surface area (Å²) in [6.45, 7) is 2.27. The van der Waals surface area contributed by atoms with E-state index in [0.717, 1.165) is 17.9 Å². The van der Waals surface area contributed by atoms with Gasteiger partial charge in [0.1, 0.15) is 18.1 Å². The first-order valence-corrected chi connectivity index (χ1v) is 7.68. The number of ether oxygens (including phenoxy) is 2. The monoisotopic (exact) mass is 352 g/mol. The number of rotatable bonds is 6. The van der Waals surface area contributed by atoms with Gasteiger partial charge in [0.15, 0.2) is 16.7 Å². The van der Waals surface area contributed by atoms with E-state index in [9.17, 15) is 8.78 Å². The van der Waals surface area contributed by atoms with E-state index in [4.69, 9.17) is 21.7 Å². The first-order valence-electron chi connectivity index (χ1n) is 7.27. The van der Waals surface area contributed by atoms with E-state index in [2.05, 4.69) is 10.6 Å². The Balaban J connectivity index is 1.79. The van der Waals surface area contributed by atoms with Gasteiger partial charge in [-0.15, -0.1) is 0 Å². The third-order valence-electron chi connectivity index (χ3n) is 3.11. The molecule has 0 radical (unpaired) electrons. The lowest BCUT2D eigenvalue weighted by molar-refractivity contribution is 0.286. The Morgan fingerprint density at radius 2 is 1.75 bits per heavy atom. The lowest BCUT2D eigenvalue weighted by atomic mass is 10.3. The van der Waals surface area contributed by atoms with Crippen molar-refractivity contribution in [3.8, 4) is 11.5 Å². The molecule has 0 saturated carbocycles. The molecule has 0 aromatic heterocycles. The van der Waals surface area contributed by atoms with Gasteiger partial charge in [-0.3, -0.25) is 0 Å². The van der Waals surface area contributed by atoms with Gasteiger partial charge in [-0.2, -0.15) is 0 Å². The average Bonchev–Trinajstić information content (AvgIpc) is 2.56. The van der Waals surface area contributed by atoms with Gasteiger partial charge in [0.05, 0.1) is 13.2 Å². The number of hydrogen-bond acceptors (Lipinski definition) is 3. The van der Waals surface area contributed by atoms with Crippen molar-refractivity contribution in [3.05, 3.63) is 54.1 Å². The van der Waals surface area contributed by atoms with E-state index >= 15 is 0 Å². The summed E-state index contributed by atoms with van der Waals surface area (Å²) in [5.41, 5.74) is 0.370. The van der Waals surface area contributed by atoms with Crippen LogP contribution in [0.5, 0.6) is 11.5 Å². The molecule has 2 rings (SSSR count). The zero-order valence-corrected chi connectivity index (χ0v) is 14.1. The molecule has 2 aromatic rings. The number of anilines is 1. The molecule has 1 atom stereocenters. The largest absolute Gasteiger partial charge is 0.497 e. The van der Waals surface area contributed by atoms with E-state index in [-0.39, 0.29) is 6.04 Å². The quantitative estimate of drug-likeness (QED) is 0.776. The lowest BCUT2D eigenvalue weighted by Gasteiger charge is -2.18. The summed E-state index contributed by atoms with van der Waals surface area (Å²) < 4.78 is 36.7. The van der Waals surface area contributed by atoms with Crippen molar-refractivity contribution < 1.29 is 18.3 Å². The van der Waals surface area contributed by atoms with Crippen molar-refractivity contribution in [3.63, 3.8) is 0 Å². The molecule has 0 aliphatic rings. The fourth-order valence-electron chi connectivity index (χ4n) is 1.90. The third-order valence-corrected chi connectivity index (χ3v) is 3.33. The summed E-state index contributed by atoms with van der Waals surface area (Å²) in [6.07, 6.45) is 0. The van der Waals surface area contributed by atoms with Crippen LogP contribution in [0.4, 0.5) is 14.5 Å². The fourth-order valence-corrected chi connectivity index (χ4v) is 2.22. The van der Waals surface area contributed by atoms with Gasteiger partial charge in [0.2, 0.25) is 0 Å². The zero-order chi connectivity index (χ0) is 17.5. The number of methoxy groups -OCH3 is 1. The fraction of sp³-hybridized carbons (Fsp3) is 0.235. The van der Waals surface area contributed by atoms with Crippen molar-refractivity contribution in [1.82, 2.24) is 5.32 Å². The Morgan fingerprint density at radius 1 is 1.08 bits per heavy atom. The van der Waals surface area contributed by atoms with Crippen LogP contribution in [0.25, 0.3) is 0 Å². The Labute approximate surface area is 144 Å². The van der Waals surface area contributed by atoms with Gasteiger partial charge < -0.3 is 20.1 Å². The molecular formula is C17H18F2N2O2S. The molecule has 0 spiro atoms. The van der Waals surface area contributed by atoms with Crippen LogP contribution < -0.4 is 20.1 Å². The number of halogens is 2. The molecule has 0 aliphatic heterocycles. The van der Waals surface area contributed by atoms with E-state index in [1.54, 1.807) is 7.11 Å². The van der Waals surface area contributed by atoms with Crippen molar-refractivity contribution in [2.45, 2.75) is 13.0 Å². The Morgan fingerprint density at radius 3 is 2.38 bits per heavy atom. The highest BCUT2D eigenvalue weighted by Gasteiger charge is 2.08. The topological polar surface area (TPSA) is 42.5 Å². The summed E-state index contributed by atoms with van der Waals surface area (Å²) in [7, 11) is 1.60. The van der Waals surface area contributed by atoms with Crippen LogP contribution in [-0.4, -0.2) is 24.9 Å². The lowest BCUT2D eigenvalue weighted by Crippen LogP contribution is -2.39. The summed E-state index contributed by atoms with van der Waals surface area (Å²) in [5, 5.41) is 6.10. The molecule has 0 aliphatic carbocycles. The van der Waals surface area contributed by atoms with Crippen LogP contribution in [0.2, 0.25) is 0 Å². The maximum atomic E-state index is 13.1. The predicted octanol–water partition coefficient (Wildman–Crippen LogP) is 3.73. The second-order valence-corrected chi connectivity index (χ2v) is 5.52. The summed E-state index contributed by atoms with van der Waals surface area (Å²) in [6, 6.07) is 10.6. The maximum absolute atomic E-state index is 13.1. The van der Waals surface area contributed by atoms with Gasteiger partial charge in [-0.1, -0.05) is 0 Å². The molecule has 0 heterocycles. The Kier molecular flexibility index (Phi) is 6.31. The Bertz CT molecular complexity index is 695. The van der Waals surface area contributed by atoms with Gasteiger partial charge in [0.25, 0.3) is 0 Å². The molecule has 0 fully saturated rings. The number of hydrogen-bond donors (Lipinski definition) is 2. The molecule has 0 unspecified atom stereocenters. The molecule has 2 aromatic carbocycles. The maximum Gasteiger partial charge on any atom is 0.171 e. The van der Waals surface area contributed by atoms with E-state index in [0.29, 0.717) is 23.2 Å². The minimum Gasteiger partial charge on any atom is -0.497 e. The highest BCUT2D eigenvalue weighted by molar-refractivity contribution is 7.80. The third kappa shape index (κ3) is 5.34. The van der Waals surface area contributed by atoms with Crippen LogP contribution in [-0.2, 0) is 0 Å². The standard InChI is InChI=1S/C17H18F2N2O2S/c1-11(10-23-14-6-4-13(22-2)5-7-14)20-17(24)21-12-3-8-15(18)16(19)9-12/h3-9,11H,10H2,1-2H3,(H2,20,21,24)/t11-/m0/s1. The zero-order valence-electron chi connectivity index (χ0n) is 13.3. The second kappa shape index (κ2) is 8.44. The number of benzene rings is 2. The molecule has 0 saturated heterocycles. The smallest absolute Gasteiger partial charge is 0.171 e. The minimum absolute atomic E-state index is 0.0857. The van der Waals surface area contributed by atoms with E-state index in [1.165, 1.54) is 6.07 Å². The molecule has 0 amide bonds. The molecule has 4 nitrogen and oxygen atoms in total. The first kappa shape index (κ1) is 17.9. The molecular weight excluding hydrogens is 334 g/mol. The Hall–Kier alpha value is -2.41. The van der Waals surface area contributed by atoms with Crippen molar-refractivity contribution in [2.24, 2.45) is 0 Å². The molecule has 2 N–H and O–H groups in total. The van der Waals surface area contributed by atoms with Crippen molar-refractivity contribution in [1.29, 1.82) is 0 Å². The summed E-state index contributed by atoms with van der Waals surface area (Å²) >= 11 is 5.14. The van der Waals surface area contributed by atoms with Crippen molar-refractivity contribution in [2.75, 3.05) is 19.0 Å². The highest BCUT2D eigenvalue weighted by atomic mass is 32.1. The van der Waals surface area contributed by atoms with E-state index in [1.807, 2.05) is 31.2 Å². The second-order valence-electron chi connectivity index (χ2n) is 5.11. The van der Waals surface area contributed by atoms with Gasteiger partial charge in [0, 0.05) is 11.8 Å². The average molecular weight is 352 g/mol. The summed E-state index contributed by atoms with van der Waals surface area (Å²) in [4.78, 5) is 0. The van der Waals surface area contributed by atoms with Gasteiger partial charge >= 0.3 is 0 Å². The van der Waals surface area contributed by atoms with Crippen LogP contribution in [0.1, 0.15) is 6.92 Å². The molecule has 24 heavy (non-hydrogen) atoms. The normalized spacial score (nSPS) is 11.5. The van der Waals surface area contributed by atoms with Crippen molar-refractivity contribution >= 4 is 23.0 Å². The van der Waals surface area contributed by atoms with Gasteiger partial charge in [-0.05, 0) is 55.5 Å². The van der Waals surface area contributed by atoms with Crippen LogP contribution >= 0.6 is 12.2 Å². The van der Waals surface area contributed by atoms with E-state index < -0.39 is 11.6 Å². The van der Waals surface area contributed by atoms with Crippen LogP contribution in [0.3, 0.4) is 0 Å². The first-order chi connectivity index (χ1) is 11.5. The number of thiocarbonyl (C=S) groups is 1. The molecule has 7 heteroatoms. The molecule has 0 bridgehead atoms. The minimum atomic E-state index is -0.932. The SMILES string of the molecule is COc1ccc(OC[C@H](C)NC(=S)Nc2ccc(F)c(F)c2)cc1. The predicted molar refractivity (Wildman–Crippen MR) is 93.7 cm³/mol. The highest BCUT2D eigenvalue weighted by Crippen LogP contribution is 2.17. The summed E-state index contributed by atoms with van der Waals surface area (Å²) in [5.74, 6) is -0.367. The van der Waals surface area contributed by atoms with Crippen LogP contribution in [0, 0.1) is 11.6 Å². The number of nitrogens with one attached hydrogen (secondary N) is 2. The molecule has 128 valence electrons. The van der Waals surface area contributed by atoms with Gasteiger partial charge in [-0.25, -0.2) is 8.78 Å².